The maximum absolute atomic E-state index is 12.2. The summed E-state index contributed by atoms with van der Waals surface area (Å²) in [6, 6.07) is 8.26. The molecule has 0 saturated heterocycles. The molecule has 0 heterocycles. The molecule has 0 bridgehead atoms. The maximum Gasteiger partial charge on any atom is 0.235 e. The van der Waals surface area contributed by atoms with Crippen LogP contribution in [0.1, 0.15) is 30.9 Å². The Balaban J connectivity index is 1.94. The Morgan fingerprint density at radius 3 is 2.78 bits per heavy atom. The fourth-order valence-corrected chi connectivity index (χ4v) is 2.83. The van der Waals surface area contributed by atoms with Gasteiger partial charge in [0.1, 0.15) is 11.3 Å². The number of amides is 1. The fourth-order valence-electron chi connectivity index (χ4n) is 2.83. The molecule has 0 spiro atoms. The maximum atomic E-state index is 12.2. The highest BCUT2D eigenvalue weighted by Gasteiger charge is 2.43. The van der Waals surface area contributed by atoms with Crippen molar-refractivity contribution in [3.8, 4) is 11.8 Å². The van der Waals surface area contributed by atoms with E-state index in [-0.39, 0.29) is 12.5 Å². The van der Waals surface area contributed by atoms with Crippen LogP contribution in [0.3, 0.4) is 0 Å². The van der Waals surface area contributed by atoms with E-state index in [9.17, 15) is 10.1 Å². The average Bonchev–Trinajstić information content (AvgIpc) is 3.32. The number of nitrogens with zero attached hydrogens (tertiary/aromatic N) is 2. The van der Waals surface area contributed by atoms with Crippen LogP contribution in [0.4, 0.5) is 0 Å². The second kappa shape index (κ2) is 7.01. The van der Waals surface area contributed by atoms with E-state index in [0.717, 1.165) is 29.7 Å². The molecule has 5 nitrogen and oxygen atoms in total. The molecule has 1 fully saturated rings. The number of likely N-dealkylation sites (N-methyl/N-ethyl adjacent to an activating group) is 1. The average molecular weight is 315 g/mol. The van der Waals surface area contributed by atoms with Crippen molar-refractivity contribution in [2.75, 3.05) is 20.7 Å². The lowest BCUT2D eigenvalue weighted by Gasteiger charge is -2.25. The molecular weight excluding hydrogens is 290 g/mol. The van der Waals surface area contributed by atoms with Crippen molar-refractivity contribution in [1.29, 1.82) is 5.26 Å². The summed E-state index contributed by atoms with van der Waals surface area (Å²) < 4.78 is 5.37. The molecule has 1 aromatic rings. The number of hydrogen-bond donors (Lipinski definition) is 1. The number of benzene rings is 1. The summed E-state index contributed by atoms with van der Waals surface area (Å²) in [7, 11) is 3.54. The first-order valence-electron chi connectivity index (χ1n) is 7.92. The summed E-state index contributed by atoms with van der Waals surface area (Å²) in [6.45, 7) is 4.71. The van der Waals surface area contributed by atoms with Gasteiger partial charge in [0.2, 0.25) is 5.91 Å². The number of aryl methyl sites for hydroxylation is 1. The van der Waals surface area contributed by atoms with Crippen LogP contribution < -0.4 is 10.1 Å². The molecule has 5 heteroatoms. The van der Waals surface area contributed by atoms with E-state index in [2.05, 4.69) is 17.5 Å². The first kappa shape index (κ1) is 17.3. The van der Waals surface area contributed by atoms with E-state index < -0.39 is 5.54 Å². The largest absolute Gasteiger partial charge is 0.496 e. The number of carbonyl (C=O) groups is 1. The quantitative estimate of drug-likeness (QED) is 0.838. The third-order valence-electron chi connectivity index (χ3n) is 4.31. The number of methoxy groups -OCH3 is 1. The summed E-state index contributed by atoms with van der Waals surface area (Å²) in [5.41, 5.74) is 1.47. The monoisotopic (exact) mass is 315 g/mol. The molecule has 1 saturated carbocycles. The van der Waals surface area contributed by atoms with Gasteiger partial charge in [-0.25, -0.2) is 0 Å². The highest BCUT2D eigenvalue weighted by molar-refractivity contribution is 5.79. The van der Waals surface area contributed by atoms with Crippen LogP contribution in [0.5, 0.6) is 5.75 Å². The second-order valence-corrected chi connectivity index (χ2v) is 6.62. The summed E-state index contributed by atoms with van der Waals surface area (Å²) in [6.07, 6.45) is 2.03. The van der Waals surface area contributed by atoms with Crippen molar-refractivity contribution in [2.45, 2.75) is 38.8 Å². The number of carbonyl (C=O) groups excluding carboxylic acids is 1. The summed E-state index contributed by atoms with van der Waals surface area (Å²) >= 11 is 0. The topological polar surface area (TPSA) is 65.4 Å². The molecule has 1 aliphatic rings. The molecule has 1 atom stereocenters. The summed E-state index contributed by atoms with van der Waals surface area (Å²) in [4.78, 5) is 14.2. The first-order chi connectivity index (χ1) is 10.9. The Labute approximate surface area is 138 Å². The number of rotatable bonds is 7. The van der Waals surface area contributed by atoms with Gasteiger partial charge in [-0.2, -0.15) is 5.26 Å². The minimum Gasteiger partial charge on any atom is -0.496 e. The van der Waals surface area contributed by atoms with Crippen LogP contribution in [-0.2, 0) is 11.3 Å². The Morgan fingerprint density at radius 1 is 1.52 bits per heavy atom. The predicted molar refractivity (Wildman–Crippen MR) is 88.9 cm³/mol. The van der Waals surface area contributed by atoms with Crippen molar-refractivity contribution >= 4 is 5.91 Å². The van der Waals surface area contributed by atoms with Crippen LogP contribution in [0.15, 0.2) is 18.2 Å². The van der Waals surface area contributed by atoms with Crippen LogP contribution in [0.2, 0.25) is 0 Å². The zero-order chi connectivity index (χ0) is 17.0. The zero-order valence-corrected chi connectivity index (χ0v) is 14.3. The van der Waals surface area contributed by atoms with E-state index >= 15 is 0 Å². The lowest BCUT2D eigenvalue weighted by atomic mass is 9.98. The van der Waals surface area contributed by atoms with Gasteiger partial charge in [0.15, 0.2) is 0 Å². The Morgan fingerprint density at radius 2 is 2.22 bits per heavy atom. The van der Waals surface area contributed by atoms with Crippen molar-refractivity contribution in [3.63, 3.8) is 0 Å². The van der Waals surface area contributed by atoms with Crippen LogP contribution in [0, 0.1) is 24.2 Å². The summed E-state index contributed by atoms with van der Waals surface area (Å²) in [5, 5.41) is 12.2. The highest BCUT2D eigenvalue weighted by Crippen LogP contribution is 2.39. The predicted octanol–water partition coefficient (Wildman–Crippen LogP) is 2.24. The molecule has 0 radical (unpaired) electrons. The molecule has 0 aliphatic heterocycles. The van der Waals surface area contributed by atoms with E-state index in [1.54, 1.807) is 7.11 Å². The Bertz CT molecular complexity index is 619. The van der Waals surface area contributed by atoms with Crippen molar-refractivity contribution < 1.29 is 9.53 Å². The van der Waals surface area contributed by atoms with Gasteiger partial charge in [0, 0.05) is 12.1 Å². The lowest BCUT2D eigenvalue weighted by Crippen LogP contribution is -2.49. The molecule has 0 unspecified atom stereocenters. The normalized spacial score (nSPS) is 16.5. The second-order valence-electron chi connectivity index (χ2n) is 6.62. The van der Waals surface area contributed by atoms with E-state index in [1.165, 1.54) is 0 Å². The zero-order valence-electron chi connectivity index (χ0n) is 14.3. The number of nitriles is 1. The van der Waals surface area contributed by atoms with Crippen molar-refractivity contribution in [2.24, 2.45) is 5.92 Å². The van der Waals surface area contributed by atoms with Gasteiger partial charge >= 0.3 is 0 Å². The van der Waals surface area contributed by atoms with Gasteiger partial charge in [-0.15, -0.1) is 0 Å². The minimum absolute atomic E-state index is 0.116. The van der Waals surface area contributed by atoms with Gasteiger partial charge in [-0.3, -0.25) is 9.69 Å². The molecule has 2 rings (SSSR count). The molecule has 1 N–H and O–H groups in total. The van der Waals surface area contributed by atoms with Gasteiger partial charge in [0.05, 0.1) is 19.7 Å². The standard InChI is InChI=1S/C18H25N3O2/c1-13-5-8-16(23-4)14(9-13)10-21(3)11-17(22)20-18(2,12-19)15-6-7-15/h5,8-9,15H,6-7,10-11H2,1-4H3,(H,20,22)/t18-/m0/s1. The lowest BCUT2D eigenvalue weighted by molar-refractivity contribution is -0.123. The molecule has 0 aromatic heterocycles. The fraction of sp³-hybridized carbons (Fsp3) is 0.556. The molecule has 23 heavy (non-hydrogen) atoms. The van der Waals surface area contributed by atoms with Crippen molar-refractivity contribution in [1.82, 2.24) is 10.2 Å². The van der Waals surface area contributed by atoms with Gasteiger partial charge in [0.25, 0.3) is 0 Å². The molecule has 1 aromatic carbocycles. The number of nitrogens with one attached hydrogen (secondary N) is 1. The van der Waals surface area contributed by atoms with Gasteiger partial charge in [-0.05, 0) is 45.7 Å². The Kier molecular flexibility index (Phi) is 5.27. The third kappa shape index (κ3) is 4.46. The van der Waals surface area contributed by atoms with Crippen molar-refractivity contribution in [3.05, 3.63) is 29.3 Å². The van der Waals surface area contributed by atoms with Crippen LogP contribution in [0.25, 0.3) is 0 Å². The smallest absolute Gasteiger partial charge is 0.235 e. The van der Waals surface area contributed by atoms with Gasteiger partial charge < -0.3 is 10.1 Å². The van der Waals surface area contributed by atoms with Gasteiger partial charge in [-0.1, -0.05) is 17.7 Å². The highest BCUT2D eigenvalue weighted by atomic mass is 16.5. The van der Waals surface area contributed by atoms with Crippen LogP contribution >= 0.6 is 0 Å². The van der Waals surface area contributed by atoms with E-state index in [4.69, 9.17) is 4.74 Å². The number of hydrogen-bond acceptors (Lipinski definition) is 4. The third-order valence-corrected chi connectivity index (χ3v) is 4.31. The SMILES string of the molecule is COc1ccc(C)cc1CN(C)CC(=O)N[C@@](C)(C#N)C1CC1. The molecule has 1 amide bonds. The van der Waals surface area contributed by atoms with Crippen LogP contribution in [-0.4, -0.2) is 37.0 Å². The number of ether oxygens (including phenoxy) is 1. The van der Waals surface area contributed by atoms with E-state index in [1.807, 2.05) is 37.9 Å². The van der Waals surface area contributed by atoms with E-state index in [0.29, 0.717) is 12.5 Å². The summed E-state index contributed by atoms with van der Waals surface area (Å²) in [5.74, 6) is 0.997. The first-order valence-corrected chi connectivity index (χ1v) is 7.92. The molecular formula is C18H25N3O2. The molecule has 1 aliphatic carbocycles. The molecule has 124 valence electrons. The minimum atomic E-state index is -0.737. The Hall–Kier alpha value is -2.06.